The molecule has 358 valence electrons. The predicted molar refractivity (Wildman–Crippen MR) is 258 cm³/mol. The molecule has 69 heavy (non-hydrogen) atoms. The van der Waals surface area contributed by atoms with Crippen LogP contribution in [0, 0.1) is 22.7 Å². The number of Topliss-reactive ketones (excluding diaryl/α,β-unsaturated/α-hetero) is 2. The molecule has 8 rings (SSSR count). The third-order valence-electron chi connectivity index (χ3n) is 13.8. The summed E-state index contributed by atoms with van der Waals surface area (Å²) in [6, 6.07) is 19.3. The molecule has 1 aliphatic heterocycles. The Morgan fingerprint density at radius 1 is 0.870 bits per heavy atom. The first-order chi connectivity index (χ1) is 33.1. The van der Waals surface area contributed by atoms with Crippen molar-refractivity contribution in [3.63, 3.8) is 0 Å². The van der Waals surface area contributed by atoms with E-state index >= 15 is 0 Å². The lowest BCUT2D eigenvalue weighted by atomic mass is 9.78. The van der Waals surface area contributed by atoms with Crippen molar-refractivity contribution in [2.24, 2.45) is 23.5 Å². The summed E-state index contributed by atoms with van der Waals surface area (Å²) in [6.07, 6.45) is 7.60. The fourth-order valence-electron chi connectivity index (χ4n) is 10.3. The first-order valence-electron chi connectivity index (χ1n) is 23.6. The summed E-state index contributed by atoms with van der Waals surface area (Å²) in [6.45, 7) is 4.56. The SMILES string of the molecule is CC(C)[C@H](NCCCC(=O)CCCN1C(=O)C=CC1=O)C(=O)C[C@@H](CCCNC(N)=O)C(=O)Nc1ccc(C(=O)Nc2ccc3[nH]c([N+](=O)C4C[C@H]5CC56C4=CC(=O)c4ccccc46)cc3c2)cc1. The van der Waals surface area contributed by atoms with Crippen molar-refractivity contribution in [1.29, 1.82) is 0 Å². The molecule has 7 N–H and O–H groups in total. The van der Waals surface area contributed by atoms with Gasteiger partial charge in [0, 0.05) is 89.8 Å². The van der Waals surface area contributed by atoms with Gasteiger partial charge in [-0.3, -0.25) is 38.5 Å². The highest BCUT2D eigenvalue weighted by Crippen LogP contribution is 2.69. The van der Waals surface area contributed by atoms with E-state index < -0.39 is 35.8 Å². The van der Waals surface area contributed by atoms with Crippen LogP contribution in [0.5, 0.6) is 0 Å². The number of hydrogen-bond acceptors (Lipinski definition) is 10. The summed E-state index contributed by atoms with van der Waals surface area (Å²) in [7, 11) is 0. The van der Waals surface area contributed by atoms with Crippen LogP contribution in [0.1, 0.15) is 97.9 Å². The van der Waals surface area contributed by atoms with E-state index in [0.717, 1.165) is 38.2 Å². The largest absolute Gasteiger partial charge is 0.352 e. The van der Waals surface area contributed by atoms with E-state index in [4.69, 9.17) is 5.73 Å². The van der Waals surface area contributed by atoms with Crippen LogP contribution in [0.2, 0.25) is 0 Å². The number of benzene rings is 3. The number of aromatic amines is 1. The minimum absolute atomic E-state index is 0.0106. The minimum atomic E-state index is -0.756. The van der Waals surface area contributed by atoms with Gasteiger partial charge >= 0.3 is 11.8 Å². The Labute approximate surface area is 398 Å². The van der Waals surface area contributed by atoms with Crippen LogP contribution in [0.25, 0.3) is 10.9 Å². The Kier molecular flexibility index (Phi) is 14.2. The molecular formula is C52H57N8O9+. The average molecular weight is 938 g/mol. The second-order valence-corrected chi connectivity index (χ2v) is 18.8. The van der Waals surface area contributed by atoms with Gasteiger partial charge in [0.1, 0.15) is 11.3 Å². The number of imide groups is 1. The van der Waals surface area contributed by atoms with Crippen molar-refractivity contribution in [2.75, 3.05) is 30.3 Å². The standard InChI is InChI=1S/C52H56N8O9/c1-30(2)48(54-21-6-9-37(61)10-7-23-59-46(64)19-20-47(59)65)44(63)25-32(8-5-22-55-51(53)68)50(67)56-35-15-13-31(14-16-35)49(66)57-36-17-18-41-33(24-36)26-45(58-41)60(69)42-27-34-29-52(34)39-12-4-3-11-38(39)43(62)28-40(42)52/h3-4,11-20,24,26,28,30,32,34,42,48,54H,5-10,21-23,25,27,29H2,1-2H3,(H5-,53,55,56,57,58,64,65,66,67,68,69)/p+1/t32-,34+,42?,48+,52?/m1/s1. The number of nitrogens with two attached hydrogens (primary N) is 1. The first kappa shape index (κ1) is 48.1. The molecule has 3 aromatic carbocycles. The lowest BCUT2D eigenvalue weighted by molar-refractivity contribution is -0.498. The number of H-pyrrole nitrogens is 1. The molecule has 2 saturated carbocycles. The molecule has 2 fully saturated rings. The number of allylic oxidation sites excluding steroid dienone is 1. The van der Waals surface area contributed by atoms with Crippen LogP contribution in [0.15, 0.2) is 96.6 Å². The van der Waals surface area contributed by atoms with E-state index in [0.29, 0.717) is 66.4 Å². The number of hydrogen-bond donors (Lipinski definition) is 6. The number of primary amides is 1. The quantitative estimate of drug-likeness (QED) is 0.0275. The van der Waals surface area contributed by atoms with Crippen LogP contribution in [0.3, 0.4) is 0 Å². The molecule has 2 heterocycles. The Morgan fingerprint density at radius 2 is 1.59 bits per heavy atom. The topological polar surface area (TPSA) is 250 Å². The molecule has 17 heteroatoms. The van der Waals surface area contributed by atoms with Gasteiger partial charge in [0.05, 0.1) is 6.04 Å². The van der Waals surface area contributed by atoms with E-state index in [2.05, 4.69) is 26.3 Å². The zero-order chi connectivity index (χ0) is 49.0. The normalized spacial score (nSPS) is 19.7. The zero-order valence-corrected chi connectivity index (χ0v) is 38.7. The first-order valence-corrected chi connectivity index (χ1v) is 23.6. The number of nitrogens with zero attached hydrogens (tertiary/aromatic N) is 2. The number of nitroso groups, excluding NO2 is 1. The van der Waals surface area contributed by atoms with Crippen molar-refractivity contribution >= 4 is 75.1 Å². The van der Waals surface area contributed by atoms with E-state index in [-0.39, 0.29) is 79.3 Å². The lowest BCUT2D eigenvalue weighted by Gasteiger charge is -2.25. The monoisotopic (exact) mass is 937 g/mol. The molecule has 0 bridgehead atoms. The second-order valence-electron chi connectivity index (χ2n) is 18.8. The van der Waals surface area contributed by atoms with Crippen LogP contribution < -0.4 is 27.0 Å². The number of ketones is 3. The van der Waals surface area contributed by atoms with Crippen LogP contribution >= 0.6 is 0 Å². The maximum Gasteiger partial charge on any atom is 0.320 e. The smallest absolute Gasteiger partial charge is 0.320 e. The number of urea groups is 1. The fourth-order valence-corrected chi connectivity index (χ4v) is 10.3. The molecule has 17 nitrogen and oxygen atoms in total. The van der Waals surface area contributed by atoms with Gasteiger partial charge in [0.2, 0.25) is 5.91 Å². The van der Waals surface area contributed by atoms with Crippen molar-refractivity contribution in [3.05, 3.63) is 118 Å². The number of nitrogens with one attached hydrogen (secondary N) is 5. The molecule has 4 aromatic rings. The maximum atomic E-state index is 13.9. The van der Waals surface area contributed by atoms with Crippen molar-refractivity contribution in [3.8, 4) is 0 Å². The molecule has 3 aliphatic carbocycles. The number of carbonyl (C=O) groups is 8. The Balaban J connectivity index is 0.835. The van der Waals surface area contributed by atoms with E-state index in [1.807, 2.05) is 38.1 Å². The number of aromatic nitrogens is 1. The zero-order valence-electron chi connectivity index (χ0n) is 38.7. The molecule has 1 spiro atoms. The van der Waals surface area contributed by atoms with Gasteiger partial charge in [0.25, 0.3) is 17.7 Å². The highest BCUT2D eigenvalue weighted by molar-refractivity contribution is 6.13. The van der Waals surface area contributed by atoms with E-state index in [9.17, 15) is 43.3 Å². The van der Waals surface area contributed by atoms with Crippen molar-refractivity contribution < 1.29 is 43.1 Å². The number of rotatable bonds is 23. The summed E-state index contributed by atoms with van der Waals surface area (Å²) >= 11 is 0. The summed E-state index contributed by atoms with van der Waals surface area (Å²) in [5.41, 5.74) is 9.58. The number of fused-ring (bicyclic) bond motifs is 2. The van der Waals surface area contributed by atoms with Crippen LogP contribution in [-0.4, -0.2) is 93.4 Å². The van der Waals surface area contributed by atoms with E-state index in [1.165, 1.54) is 12.2 Å². The minimum Gasteiger partial charge on any atom is -0.352 e. The second kappa shape index (κ2) is 20.4. The Morgan fingerprint density at radius 3 is 2.33 bits per heavy atom. The molecule has 2 unspecified atom stereocenters. The van der Waals surface area contributed by atoms with Gasteiger partial charge in [-0.25, -0.2) is 9.78 Å². The number of amides is 6. The van der Waals surface area contributed by atoms with E-state index in [1.54, 1.807) is 54.6 Å². The van der Waals surface area contributed by atoms with Crippen molar-refractivity contribution in [1.82, 2.24) is 20.5 Å². The van der Waals surface area contributed by atoms with Gasteiger partial charge in [-0.05, 0) is 121 Å². The lowest BCUT2D eigenvalue weighted by Crippen LogP contribution is -2.43. The van der Waals surface area contributed by atoms with Crippen LogP contribution in [0.4, 0.5) is 22.0 Å². The van der Waals surface area contributed by atoms with Gasteiger partial charge in [-0.1, -0.05) is 43.0 Å². The highest BCUT2D eigenvalue weighted by atomic mass is 16.3. The predicted octanol–water partition coefficient (Wildman–Crippen LogP) is 6.31. The molecule has 0 saturated heterocycles. The van der Waals surface area contributed by atoms with Crippen molar-refractivity contribution in [2.45, 2.75) is 89.1 Å². The summed E-state index contributed by atoms with van der Waals surface area (Å²) < 4.78 is 0.978. The molecule has 1 aromatic heterocycles. The van der Waals surface area contributed by atoms with Crippen LogP contribution in [-0.2, 0) is 29.4 Å². The van der Waals surface area contributed by atoms with Gasteiger partial charge < -0.3 is 27.0 Å². The molecular weight excluding hydrogens is 881 g/mol. The van der Waals surface area contributed by atoms with Gasteiger partial charge in [0.15, 0.2) is 17.6 Å². The molecule has 4 aliphatic rings. The maximum absolute atomic E-state index is 13.9. The number of carbonyl (C=O) groups excluding carboxylic acids is 8. The highest BCUT2D eigenvalue weighted by Gasteiger charge is 2.69. The Hall–Kier alpha value is -7.40. The molecule has 6 amide bonds. The summed E-state index contributed by atoms with van der Waals surface area (Å²) in [4.78, 5) is 119. The summed E-state index contributed by atoms with van der Waals surface area (Å²) in [5.74, 6) is -2.02. The van der Waals surface area contributed by atoms with Gasteiger partial charge in [-0.2, -0.15) is 0 Å². The van der Waals surface area contributed by atoms with Gasteiger partial charge in [-0.15, -0.1) is 0 Å². The Bertz CT molecular complexity index is 2790. The molecule has 0 radical (unpaired) electrons. The third-order valence-corrected chi connectivity index (χ3v) is 13.8. The number of anilines is 2. The molecule has 5 atom stereocenters. The average Bonchev–Trinajstić information content (AvgIpc) is 3.52. The fraction of sp³-hybridized carbons (Fsp3) is 0.385. The summed E-state index contributed by atoms with van der Waals surface area (Å²) in [5, 5.41) is 12.3. The third kappa shape index (κ3) is 10.5.